The standard InChI is InChI=1S/C12H23N5/c1-9(13)12(2,3)17-11(10(14)8-15-17)16-6-4-5-7-16/h8-9H,4-7,13-14H2,1-3H3. The van der Waals surface area contributed by atoms with Crippen LogP contribution in [0, 0.1) is 0 Å². The van der Waals surface area contributed by atoms with E-state index in [1.54, 1.807) is 6.20 Å². The van der Waals surface area contributed by atoms with Crippen LogP contribution >= 0.6 is 0 Å². The maximum absolute atomic E-state index is 6.06. The number of hydrogen-bond acceptors (Lipinski definition) is 4. The summed E-state index contributed by atoms with van der Waals surface area (Å²) in [6, 6.07) is 0.0168. The zero-order chi connectivity index (χ0) is 12.6. The molecule has 1 fully saturated rings. The Balaban J connectivity index is 2.41. The Morgan fingerprint density at radius 3 is 2.47 bits per heavy atom. The van der Waals surface area contributed by atoms with Crippen molar-refractivity contribution in [3.63, 3.8) is 0 Å². The van der Waals surface area contributed by atoms with Crippen LogP contribution in [-0.2, 0) is 5.54 Å². The maximum atomic E-state index is 6.06. The third-order valence-electron chi connectivity index (χ3n) is 3.84. The predicted octanol–water partition coefficient (Wildman–Crippen LogP) is 1.15. The summed E-state index contributed by atoms with van der Waals surface area (Å²) in [7, 11) is 0. The Morgan fingerprint density at radius 1 is 1.35 bits per heavy atom. The van der Waals surface area contributed by atoms with Crippen LogP contribution in [0.25, 0.3) is 0 Å². The van der Waals surface area contributed by atoms with Crippen molar-refractivity contribution in [2.24, 2.45) is 5.73 Å². The summed E-state index contributed by atoms with van der Waals surface area (Å²) in [5.74, 6) is 1.03. The lowest BCUT2D eigenvalue weighted by molar-refractivity contribution is 0.270. The fourth-order valence-electron chi connectivity index (χ4n) is 2.21. The van der Waals surface area contributed by atoms with E-state index < -0.39 is 0 Å². The van der Waals surface area contributed by atoms with Gasteiger partial charge in [0.25, 0.3) is 0 Å². The molecule has 17 heavy (non-hydrogen) atoms. The Hall–Kier alpha value is -1.23. The summed E-state index contributed by atoms with van der Waals surface area (Å²) in [6.45, 7) is 8.33. The molecule has 0 aliphatic carbocycles. The number of nitrogens with zero attached hydrogens (tertiary/aromatic N) is 3. The van der Waals surface area contributed by atoms with Gasteiger partial charge >= 0.3 is 0 Å². The van der Waals surface area contributed by atoms with Crippen molar-refractivity contribution in [1.82, 2.24) is 9.78 Å². The normalized spacial score (nSPS) is 18.7. The van der Waals surface area contributed by atoms with E-state index in [4.69, 9.17) is 11.5 Å². The molecule has 0 aromatic carbocycles. The van der Waals surface area contributed by atoms with Crippen LogP contribution in [-0.4, -0.2) is 28.9 Å². The second-order valence-corrected chi connectivity index (χ2v) is 5.47. The van der Waals surface area contributed by atoms with Crippen LogP contribution < -0.4 is 16.4 Å². The second-order valence-electron chi connectivity index (χ2n) is 5.47. The van der Waals surface area contributed by atoms with E-state index in [-0.39, 0.29) is 11.6 Å². The summed E-state index contributed by atoms with van der Waals surface area (Å²) < 4.78 is 1.98. The zero-order valence-corrected chi connectivity index (χ0v) is 11.0. The molecule has 1 saturated heterocycles. The van der Waals surface area contributed by atoms with E-state index >= 15 is 0 Å². The Kier molecular flexibility index (Phi) is 3.03. The number of hydrogen-bond donors (Lipinski definition) is 2. The number of rotatable bonds is 3. The molecular weight excluding hydrogens is 214 g/mol. The molecule has 96 valence electrons. The average molecular weight is 237 g/mol. The molecule has 1 aliphatic heterocycles. The first-order chi connectivity index (χ1) is 7.94. The van der Waals surface area contributed by atoms with Crippen LogP contribution in [0.2, 0.25) is 0 Å². The molecule has 0 saturated carbocycles. The average Bonchev–Trinajstić information content (AvgIpc) is 2.85. The quantitative estimate of drug-likeness (QED) is 0.827. The van der Waals surface area contributed by atoms with Crippen molar-refractivity contribution in [3.8, 4) is 0 Å². The van der Waals surface area contributed by atoms with Crippen molar-refractivity contribution >= 4 is 11.5 Å². The van der Waals surface area contributed by atoms with Gasteiger partial charge in [0.2, 0.25) is 0 Å². The summed E-state index contributed by atoms with van der Waals surface area (Å²) >= 11 is 0. The van der Waals surface area contributed by atoms with Crippen molar-refractivity contribution < 1.29 is 0 Å². The highest BCUT2D eigenvalue weighted by Gasteiger charge is 2.31. The number of nitrogens with two attached hydrogens (primary N) is 2. The fraction of sp³-hybridized carbons (Fsp3) is 0.750. The molecule has 2 heterocycles. The van der Waals surface area contributed by atoms with Gasteiger partial charge in [-0.2, -0.15) is 5.10 Å². The molecule has 5 heteroatoms. The van der Waals surface area contributed by atoms with E-state index in [9.17, 15) is 0 Å². The van der Waals surface area contributed by atoms with E-state index in [2.05, 4.69) is 23.8 Å². The molecule has 0 spiro atoms. The van der Waals surface area contributed by atoms with Gasteiger partial charge in [-0.3, -0.25) is 0 Å². The Bertz CT molecular complexity index is 388. The molecule has 5 nitrogen and oxygen atoms in total. The molecular formula is C12H23N5. The topological polar surface area (TPSA) is 73.1 Å². The molecule has 4 N–H and O–H groups in total. The molecule has 1 unspecified atom stereocenters. The Labute approximate surface area is 103 Å². The molecule has 1 atom stereocenters. The highest BCUT2D eigenvalue weighted by molar-refractivity contribution is 5.63. The van der Waals surface area contributed by atoms with Gasteiger partial charge in [-0.05, 0) is 33.6 Å². The summed E-state index contributed by atoms with van der Waals surface area (Å²) in [5, 5.41) is 4.42. The van der Waals surface area contributed by atoms with Gasteiger partial charge in [0.1, 0.15) is 0 Å². The van der Waals surface area contributed by atoms with Crippen molar-refractivity contribution in [1.29, 1.82) is 0 Å². The monoisotopic (exact) mass is 237 g/mol. The Morgan fingerprint density at radius 2 is 1.94 bits per heavy atom. The maximum Gasteiger partial charge on any atom is 0.150 e. The smallest absolute Gasteiger partial charge is 0.150 e. The fourth-order valence-corrected chi connectivity index (χ4v) is 2.21. The van der Waals surface area contributed by atoms with Gasteiger partial charge in [-0.25, -0.2) is 4.68 Å². The first-order valence-corrected chi connectivity index (χ1v) is 6.29. The van der Waals surface area contributed by atoms with E-state index in [1.807, 2.05) is 11.6 Å². The van der Waals surface area contributed by atoms with Gasteiger partial charge < -0.3 is 16.4 Å². The van der Waals surface area contributed by atoms with Crippen LogP contribution in [0.15, 0.2) is 6.20 Å². The highest BCUT2D eigenvalue weighted by atomic mass is 15.4. The third kappa shape index (κ3) is 1.99. The summed E-state index contributed by atoms with van der Waals surface area (Å²) in [4.78, 5) is 2.31. The van der Waals surface area contributed by atoms with Crippen molar-refractivity contribution in [3.05, 3.63) is 6.20 Å². The van der Waals surface area contributed by atoms with Gasteiger partial charge in [0, 0.05) is 19.1 Å². The highest BCUT2D eigenvalue weighted by Crippen LogP contribution is 2.32. The van der Waals surface area contributed by atoms with Gasteiger partial charge in [-0.1, -0.05) is 0 Å². The largest absolute Gasteiger partial charge is 0.394 e. The van der Waals surface area contributed by atoms with E-state index in [0.717, 1.165) is 24.6 Å². The van der Waals surface area contributed by atoms with Crippen LogP contribution in [0.5, 0.6) is 0 Å². The first-order valence-electron chi connectivity index (χ1n) is 6.29. The number of anilines is 2. The van der Waals surface area contributed by atoms with E-state index in [1.165, 1.54) is 12.8 Å². The minimum absolute atomic E-state index is 0.0168. The van der Waals surface area contributed by atoms with Gasteiger partial charge in [-0.15, -0.1) is 0 Å². The summed E-state index contributed by atoms with van der Waals surface area (Å²) in [6.07, 6.45) is 4.18. The lowest BCUT2D eigenvalue weighted by Gasteiger charge is -2.33. The van der Waals surface area contributed by atoms with Crippen LogP contribution in [0.4, 0.5) is 11.5 Å². The first kappa shape index (κ1) is 12.2. The van der Waals surface area contributed by atoms with Crippen molar-refractivity contribution in [2.45, 2.75) is 45.2 Å². The molecule has 0 amide bonds. The molecule has 1 aromatic rings. The predicted molar refractivity (Wildman–Crippen MR) is 71.1 cm³/mol. The minimum Gasteiger partial charge on any atom is -0.394 e. The third-order valence-corrected chi connectivity index (χ3v) is 3.84. The lowest BCUT2D eigenvalue weighted by atomic mass is 9.97. The number of nitrogen functional groups attached to an aromatic ring is 1. The molecule has 2 rings (SSSR count). The molecule has 1 aromatic heterocycles. The van der Waals surface area contributed by atoms with Gasteiger partial charge in [0.05, 0.1) is 17.4 Å². The van der Waals surface area contributed by atoms with E-state index in [0.29, 0.717) is 0 Å². The molecule has 1 aliphatic rings. The zero-order valence-electron chi connectivity index (χ0n) is 11.0. The molecule has 0 bridgehead atoms. The second kappa shape index (κ2) is 4.22. The van der Waals surface area contributed by atoms with Crippen molar-refractivity contribution in [2.75, 3.05) is 23.7 Å². The summed E-state index contributed by atoms with van der Waals surface area (Å²) in [5.41, 5.74) is 12.6. The lowest BCUT2D eigenvalue weighted by Crippen LogP contribution is -2.45. The van der Waals surface area contributed by atoms with Crippen LogP contribution in [0.3, 0.4) is 0 Å². The van der Waals surface area contributed by atoms with Crippen LogP contribution in [0.1, 0.15) is 33.6 Å². The molecule has 0 radical (unpaired) electrons. The van der Waals surface area contributed by atoms with Gasteiger partial charge in [0.15, 0.2) is 5.82 Å². The number of aromatic nitrogens is 2. The minimum atomic E-state index is -0.227. The SMILES string of the molecule is CC(N)C(C)(C)n1ncc(N)c1N1CCCC1.